The number of amidine groups is 1. The second kappa shape index (κ2) is 3.76. The smallest absolute Gasteiger partial charge is 0.157 e. The highest BCUT2D eigenvalue weighted by atomic mass is 32.2. The maximum atomic E-state index is 4.79. The fourth-order valence-electron chi connectivity index (χ4n) is 1.85. The third-order valence-corrected chi connectivity index (χ3v) is 4.16. The lowest BCUT2D eigenvalue weighted by Gasteiger charge is -2.36. The Labute approximate surface area is 90.9 Å². The van der Waals surface area contributed by atoms with Crippen LogP contribution in [0.15, 0.2) is 4.99 Å². The Morgan fingerprint density at radius 2 is 2.21 bits per heavy atom. The molecule has 3 heteroatoms. The van der Waals surface area contributed by atoms with Gasteiger partial charge in [-0.15, -0.1) is 0 Å². The Bertz CT molecular complexity index is 248. The first-order valence-electron chi connectivity index (χ1n) is 5.56. The molecule has 14 heavy (non-hydrogen) atoms. The molecule has 0 aromatic carbocycles. The summed E-state index contributed by atoms with van der Waals surface area (Å²) in [4.78, 5) is 4.79. The topological polar surface area (TPSA) is 24.4 Å². The zero-order chi connectivity index (χ0) is 10.2. The van der Waals surface area contributed by atoms with Crippen molar-refractivity contribution >= 4 is 16.9 Å². The van der Waals surface area contributed by atoms with Gasteiger partial charge in [-0.05, 0) is 39.0 Å². The molecule has 0 spiro atoms. The largest absolute Gasteiger partial charge is 0.360 e. The average Bonchev–Trinajstić information content (AvgIpc) is 2.10. The van der Waals surface area contributed by atoms with Gasteiger partial charge in [0.1, 0.15) is 0 Å². The molecular formula is C11H20N2S. The Hall–Kier alpha value is -0.180. The molecule has 1 saturated heterocycles. The maximum Gasteiger partial charge on any atom is 0.157 e. The number of hydrogen-bond donors (Lipinski definition) is 1. The molecule has 1 N–H and O–H groups in total. The first-order chi connectivity index (χ1) is 6.57. The normalized spacial score (nSPS) is 38.9. The molecule has 2 nitrogen and oxygen atoms in total. The van der Waals surface area contributed by atoms with Gasteiger partial charge in [0.2, 0.25) is 0 Å². The maximum absolute atomic E-state index is 4.79. The van der Waals surface area contributed by atoms with E-state index in [9.17, 15) is 0 Å². The van der Waals surface area contributed by atoms with Crippen LogP contribution in [0.1, 0.15) is 40.0 Å². The minimum Gasteiger partial charge on any atom is -0.360 e. The molecule has 0 radical (unpaired) electrons. The molecule has 1 aliphatic carbocycles. The summed E-state index contributed by atoms with van der Waals surface area (Å²) >= 11 is 1.88. The lowest BCUT2D eigenvalue weighted by Crippen LogP contribution is -2.47. The number of nitrogens with zero attached hydrogens (tertiary/aromatic N) is 1. The molecule has 2 atom stereocenters. The van der Waals surface area contributed by atoms with Gasteiger partial charge in [0.25, 0.3) is 0 Å². The summed E-state index contributed by atoms with van der Waals surface area (Å²) in [6, 6.07) is 0.596. The summed E-state index contributed by atoms with van der Waals surface area (Å²) in [5, 5.41) is 4.70. The van der Waals surface area contributed by atoms with Crippen LogP contribution in [-0.4, -0.2) is 22.5 Å². The number of aliphatic imine (C=N–C) groups is 1. The summed E-state index contributed by atoms with van der Waals surface area (Å²) in [5.74, 6) is 2.01. The zero-order valence-electron chi connectivity index (χ0n) is 9.34. The van der Waals surface area contributed by atoms with Crippen LogP contribution in [-0.2, 0) is 0 Å². The van der Waals surface area contributed by atoms with Gasteiger partial charge in [-0.25, -0.2) is 0 Å². The van der Waals surface area contributed by atoms with Crippen LogP contribution in [0.3, 0.4) is 0 Å². The Morgan fingerprint density at radius 1 is 1.43 bits per heavy atom. The Kier molecular flexibility index (Phi) is 2.78. The molecule has 2 fully saturated rings. The van der Waals surface area contributed by atoms with Gasteiger partial charge in [0, 0.05) is 11.3 Å². The van der Waals surface area contributed by atoms with E-state index in [0.29, 0.717) is 6.04 Å². The van der Waals surface area contributed by atoms with E-state index >= 15 is 0 Å². The molecule has 80 valence electrons. The predicted molar refractivity (Wildman–Crippen MR) is 63.9 cm³/mol. The van der Waals surface area contributed by atoms with Crippen LogP contribution in [0.5, 0.6) is 0 Å². The van der Waals surface area contributed by atoms with Crippen molar-refractivity contribution in [2.75, 3.05) is 5.75 Å². The highest BCUT2D eigenvalue weighted by molar-refractivity contribution is 8.13. The van der Waals surface area contributed by atoms with Gasteiger partial charge in [-0.1, -0.05) is 18.7 Å². The standard InChI is InChI=1S/C11H20N2S/c1-8-4-5-9(8)12-10-13-11(2,3)6-7-14-10/h8-9H,4-7H2,1-3H3,(H,12,13). The van der Waals surface area contributed by atoms with Gasteiger partial charge < -0.3 is 5.32 Å². The molecule has 2 unspecified atom stereocenters. The minimum absolute atomic E-state index is 0.247. The summed E-state index contributed by atoms with van der Waals surface area (Å²) < 4.78 is 0. The number of thioether (sulfide) groups is 1. The monoisotopic (exact) mass is 212 g/mol. The SMILES string of the molecule is CC1CCC1N=C1NC(C)(C)CCS1. The fourth-order valence-corrected chi connectivity index (χ4v) is 3.22. The first-order valence-corrected chi connectivity index (χ1v) is 6.54. The molecule has 2 rings (SSSR count). The van der Waals surface area contributed by atoms with Crippen molar-refractivity contribution in [3.63, 3.8) is 0 Å². The molecule has 0 amide bonds. The van der Waals surface area contributed by atoms with Crippen LogP contribution >= 0.6 is 11.8 Å². The van der Waals surface area contributed by atoms with E-state index in [1.54, 1.807) is 0 Å². The van der Waals surface area contributed by atoms with Crippen molar-refractivity contribution in [3.05, 3.63) is 0 Å². The molecular weight excluding hydrogens is 192 g/mol. The van der Waals surface area contributed by atoms with Crippen LogP contribution in [0.2, 0.25) is 0 Å². The molecule has 1 heterocycles. The zero-order valence-corrected chi connectivity index (χ0v) is 10.2. The number of hydrogen-bond acceptors (Lipinski definition) is 2. The second-order valence-electron chi connectivity index (χ2n) is 5.16. The first kappa shape index (κ1) is 10.3. The van der Waals surface area contributed by atoms with Gasteiger partial charge in [-0.2, -0.15) is 0 Å². The quantitative estimate of drug-likeness (QED) is 0.722. The second-order valence-corrected chi connectivity index (χ2v) is 6.25. The third-order valence-electron chi connectivity index (χ3n) is 3.27. The van der Waals surface area contributed by atoms with E-state index in [1.165, 1.54) is 30.2 Å². The van der Waals surface area contributed by atoms with Crippen LogP contribution in [0, 0.1) is 5.92 Å². The summed E-state index contributed by atoms with van der Waals surface area (Å²) in [6.45, 7) is 6.82. The van der Waals surface area contributed by atoms with E-state index in [2.05, 4.69) is 26.1 Å². The summed E-state index contributed by atoms with van der Waals surface area (Å²) in [6.07, 6.45) is 3.87. The van der Waals surface area contributed by atoms with Crippen molar-refractivity contribution in [1.82, 2.24) is 5.32 Å². The van der Waals surface area contributed by atoms with Gasteiger partial charge >= 0.3 is 0 Å². The highest BCUT2D eigenvalue weighted by Gasteiger charge is 2.29. The predicted octanol–water partition coefficient (Wildman–Crippen LogP) is 2.65. The van der Waals surface area contributed by atoms with E-state index < -0.39 is 0 Å². The Balaban J connectivity index is 1.96. The third kappa shape index (κ3) is 2.25. The van der Waals surface area contributed by atoms with E-state index in [-0.39, 0.29) is 5.54 Å². The number of rotatable bonds is 1. The fraction of sp³-hybridized carbons (Fsp3) is 0.909. The molecule has 1 saturated carbocycles. The molecule has 0 aromatic rings. The summed E-state index contributed by atoms with van der Waals surface area (Å²) in [5.41, 5.74) is 0.247. The van der Waals surface area contributed by atoms with E-state index in [1.807, 2.05) is 11.8 Å². The van der Waals surface area contributed by atoms with Gasteiger partial charge in [0.05, 0.1) is 6.04 Å². The average molecular weight is 212 g/mol. The van der Waals surface area contributed by atoms with Crippen molar-refractivity contribution in [3.8, 4) is 0 Å². The molecule has 0 aromatic heterocycles. The van der Waals surface area contributed by atoms with Crippen LogP contribution in [0.4, 0.5) is 0 Å². The molecule has 2 aliphatic rings. The van der Waals surface area contributed by atoms with Crippen molar-refractivity contribution in [1.29, 1.82) is 0 Å². The Morgan fingerprint density at radius 3 is 2.71 bits per heavy atom. The van der Waals surface area contributed by atoms with Crippen molar-refractivity contribution in [2.45, 2.75) is 51.6 Å². The lowest BCUT2D eigenvalue weighted by molar-refractivity contribution is 0.283. The summed E-state index contributed by atoms with van der Waals surface area (Å²) in [7, 11) is 0. The highest BCUT2D eigenvalue weighted by Crippen LogP contribution is 2.31. The van der Waals surface area contributed by atoms with Gasteiger partial charge in [0.15, 0.2) is 5.17 Å². The van der Waals surface area contributed by atoms with Gasteiger partial charge in [-0.3, -0.25) is 4.99 Å². The van der Waals surface area contributed by atoms with E-state index in [4.69, 9.17) is 4.99 Å². The van der Waals surface area contributed by atoms with Crippen LogP contribution < -0.4 is 5.32 Å². The van der Waals surface area contributed by atoms with Crippen molar-refractivity contribution < 1.29 is 0 Å². The van der Waals surface area contributed by atoms with Crippen LogP contribution in [0.25, 0.3) is 0 Å². The van der Waals surface area contributed by atoms with Crippen molar-refractivity contribution in [2.24, 2.45) is 10.9 Å². The molecule has 1 aliphatic heterocycles. The lowest BCUT2D eigenvalue weighted by atomic mass is 9.82. The number of nitrogens with one attached hydrogen (secondary N) is 1. The van der Waals surface area contributed by atoms with E-state index in [0.717, 1.165) is 5.92 Å². The molecule has 0 bridgehead atoms. The minimum atomic E-state index is 0.247.